The lowest BCUT2D eigenvalue weighted by Gasteiger charge is -2.11. The second-order valence-corrected chi connectivity index (χ2v) is 4.05. The highest BCUT2D eigenvalue weighted by atomic mass is 19.2. The summed E-state index contributed by atoms with van der Waals surface area (Å²) in [4.78, 5) is 3.59. The Balaban J connectivity index is 2.39. The van der Waals surface area contributed by atoms with Crippen molar-refractivity contribution in [3.05, 3.63) is 47.3 Å². The lowest BCUT2D eigenvalue weighted by atomic mass is 10.2. The Kier molecular flexibility index (Phi) is 4.25. The number of pyridine rings is 1. The van der Waals surface area contributed by atoms with Gasteiger partial charge in [0, 0.05) is 24.7 Å². The highest BCUT2D eigenvalue weighted by Gasteiger charge is 2.15. The first kappa shape index (κ1) is 15.0. The van der Waals surface area contributed by atoms with E-state index in [-0.39, 0.29) is 5.82 Å². The van der Waals surface area contributed by atoms with Crippen LogP contribution < -0.4 is 10.6 Å². The Hall–Kier alpha value is -2.38. The first-order valence-corrected chi connectivity index (χ1v) is 5.93. The van der Waals surface area contributed by atoms with Gasteiger partial charge in [-0.1, -0.05) is 0 Å². The van der Waals surface area contributed by atoms with E-state index in [1.165, 1.54) is 0 Å². The van der Waals surface area contributed by atoms with Gasteiger partial charge in [0.1, 0.15) is 5.82 Å². The molecule has 0 saturated heterocycles. The van der Waals surface area contributed by atoms with Gasteiger partial charge in [0.15, 0.2) is 34.9 Å². The molecule has 0 spiro atoms. The van der Waals surface area contributed by atoms with E-state index in [1.54, 1.807) is 6.92 Å². The summed E-state index contributed by atoms with van der Waals surface area (Å²) in [5.74, 6) is -6.61. The normalized spacial score (nSPS) is 10.6. The molecule has 112 valence electrons. The van der Waals surface area contributed by atoms with Crippen LogP contribution in [0.1, 0.15) is 6.92 Å². The van der Waals surface area contributed by atoms with Crippen molar-refractivity contribution in [1.29, 1.82) is 0 Å². The molecule has 1 aromatic carbocycles. The molecule has 1 heterocycles. The highest BCUT2D eigenvalue weighted by Crippen LogP contribution is 2.25. The average molecular weight is 303 g/mol. The van der Waals surface area contributed by atoms with Crippen LogP contribution in [0.5, 0.6) is 0 Å². The molecule has 2 aromatic rings. The molecule has 0 aliphatic carbocycles. The summed E-state index contributed by atoms with van der Waals surface area (Å²) in [5, 5.41) is 4.70. The molecule has 0 amide bonds. The van der Waals surface area contributed by atoms with E-state index in [4.69, 9.17) is 0 Å². The number of hydrogen-bond donors (Lipinski definition) is 2. The van der Waals surface area contributed by atoms with Gasteiger partial charge in [-0.25, -0.2) is 26.9 Å². The van der Waals surface area contributed by atoms with Gasteiger partial charge in [-0.15, -0.1) is 0 Å². The van der Waals surface area contributed by atoms with Crippen molar-refractivity contribution >= 4 is 17.3 Å². The fourth-order valence-corrected chi connectivity index (χ4v) is 1.59. The number of rotatable bonds is 4. The van der Waals surface area contributed by atoms with Crippen LogP contribution in [0.15, 0.2) is 18.2 Å². The molecule has 0 atom stereocenters. The number of anilines is 3. The van der Waals surface area contributed by atoms with Crippen molar-refractivity contribution < 1.29 is 22.0 Å². The Labute approximate surface area is 116 Å². The van der Waals surface area contributed by atoms with Gasteiger partial charge >= 0.3 is 0 Å². The molecule has 8 heteroatoms. The molecule has 0 aliphatic heterocycles. The van der Waals surface area contributed by atoms with E-state index >= 15 is 0 Å². The van der Waals surface area contributed by atoms with Gasteiger partial charge in [-0.05, 0) is 6.92 Å². The first-order valence-electron chi connectivity index (χ1n) is 5.93. The minimum atomic E-state index is -1.38. The molecule has 0 aliphatic rings. The molecule has 1 aromatic heterocycles. The highest BCUT2D eigenvalue weighted by molar-refractivity contribution is 5.59. The number of hydrogen-bond acceptors (Lipinski definition) is 3. The number of halogens is 5. The summed E-state index contributed by atoms with van der Waals surface area (Å²) in [6.07, 6.45) is 0. The molecule has 2 N–H and O–H groups in total. The summed E-state index contributed by atoms with van der Waals surface area (Å²) in [7, 11) is 0. The van der Waals surface area contributed by atoms with Crippen molar-refractivity contribution in [2.24, 2.45) is 0 Å². The lowest BCUT2D eigenvalue weighted by Crippen LogP contribution is -2.07. The zero-order chi connectivity index (χ0) is 15.6. The molecule has 0 fully saturated rings. The van der Waals surface area contributed by atoms with E-state index in [0.29, 0.717) is 24.7 Å². The molecule has 0 saturated carbocycles. The lowest BCUT2D eigenvalue weighted by molar-refractivity contribution is 0.496. The van der Waals surface area contributed by atoms with Crippen molar-refractivity contribution in [2.75, 3.05) is 17.2 Å². The van der Waals surface area contributed by atoms with E-state index in [1.807, 2.05) is 0 Å². The maximum absolute atomic E-state index is 13.6. The minimum Gasteiger partial charge on any atom is -0.368 e. The zero-order valence-electron chi connectivity index (χ0n) is 10.8. The third-order valence-electron chi connectivity index (χ3n) is 2.54. The number of nitrogens with zero attached hydrogens (tertiary/aromatic N) is 1. The van der Waals surface area contributed by atoms with Crippen molar-refractivity contribution in [1.82, 2.24) is 4.98 Å². The summed E-state index contributed by atoms with van der Waals surface area (Å²) >= 11 is 0. The quantitative estimate of drug-likeness (QED) is 0.663. The fraction of sp³-hybridized carbons (Fsp3) is 0.154. The minimum absolute atomic E-state index is 0.246. The maximum atomic E-state index is 13.6. The van der Waals surface area contributed by atoms with Crippen LogP contribution in [0, 0.1) is 29.1 Å². The van der Waals surface area contributed by atoms with E-state index in [2.05, 4.69) is 15.6 Å². The molecule has 0 unspecified atom stereocenters. The van der Waals surface area contributed by atoms with Crippen molar-refractivity contribution in [2.45, 2.75) is 6.92 Å². The summed E-state index contributed by atoms with van der Waals surface area (Å²) < 4.78 is 66.3. The molecular formula is C13H10F5N3. The van der Waals surface area contributed by atoms with Crippen LogP contribution in [0.2, 0.25) is 0 Å². The topological polar surface area (TPSA) is 37.0 Å². The molecule has 21 heavy (non-hydrogen) atoms. The number of nitrogens with one attached hydrogen (secondary N) is 2. The molecule has 2 rings (SSSR count). The maximum Gasteiger partial charge on any atom is 0.169 e. The van der Waals surface area contributed by atoms with Crippen LogP contribution in [-0.2, 0) is 0 Å². The van der Waals surface area contributed by atoms with Gasteiger partial charge in [-0.3, -0.25) is 0 Å². The van der Waals surface area contributed by atoms with Gasteiger partial charge < -0.3 is 10.6 Å². The molecule has 3 nitrogen and oxygen atoms in total. The van der Waals surface area contributed by atoms with Gasteiger partial charge in [0.2, 0.25) is 0 Å². The van der Waals surface area contributed by atoms with Gasteiger partial charge in [-0.2, -0.15) is 0 Å². The Morgan fingerprint density at radius 3 is 2.05 bits per heavy atom. The van der Waals surface area contributed by atoms with Crippen LogP contribution in [-0.4, -0.2) is 11.5 Å². The average Bonchev–Trinajstić information content (AvgIpc) is 2.41. The van der Waals surface area contributed by atoms with Crippen molar-refractivity contribution in [3.63, 3.8) is 0 Å². The SMILES string of the molecule is CCNc1nc(Nc2cc(F)c(F)cc2F)c(F)cc1F. The monoisotopic (exact) mass is 303 g/mol. The van der Waals surface area contributed by atoms with Crippen molar-refractivity contribution in [3.8, 4) is 0 Å². The van der Waals surface area contributed by atoms with Crippen LogP contribution in [0.3, 0.4) is 0 Å². The Morgan fingerprint density at radius 1 is 0.810 bits per heavy atom. The predicted octanol–water partition coefficient (Wildman–Crippen LogP) is 3.95. The first-order chi connectivity index (χ1) is 9.92. The van der Waals surface area contributed by atoms with Crippen LogP contribution >= 0.6 is 0 Å². The van der Waals surface area contributed by atoms with Gasteiger partial charge in [0.05, 0.1) is 5.69 Å². The smallest absolute Gasteiger partial charge is 0.169 e. The second-order valence-electron chi connectivity index (χ2n) is 4.05. The van der Waals surface area contributed by atoms with E-state index in [9.17, 15) is 22.0 Å². The van der Waals surface area contributed by atoms with E-state index in [0.717, 1.165) is 0 Å². The Morgan fingerprint density at radius 2 is 1.38 bits per heavy atom. The Bertz CT molecular complexity index is 675. The molecule has 0 bridgehead atoms. The molecule has 0 radical (unpaired) electrons. The van der Waals surface area contributed by atoms with Crippen LogP contribution in [0.4, 0.5) is 39.3 Å². The number of aromatic nitrogens is 1. The summed E-state index contributed by atoms with van der Waals surface area (Å²) in [5.41, 5.74) is -0.519. The third kappa shape index (κ3) is 3.21. The van der Waals surface area contributed by atoms with Gasteiger partial charge in [0.25, 0.3) is 0 Å². The zero-order valence-corrected chi connectivity index (χ0v) is 10.8. The fourth-order valence-electron chi connectivity index (χ4n) is 1.59. The largest absolute Gasteiger partial charge is 0.368 e. The second kappa shape index (κ2) is 5.94. The number of benzene rings is 1. The van der Waals surface area contributed by atoms with Crippen LogP contribution in [0.25, 0.3) is 0 Å². The van der Waals surface area contributed by atoms with E-state index < -0.39 is 40.6 Å². The summed E-state index contributed by atoms with van der Waals surface area (Å²) in [6.45, 7) is 2.00. The predicted molar refractivity (Wildman–Crippen MR) is 67.9 cm³/mol. The summed E-state index contributed by atoms with van der Waals surface area (Å²) in [6, 6.07) is 1.37. The third-order valence-corrected chi connectivity index (χ3v) is 2.54. The standard InChI is InChI=1S/C13H10F5N3/c1-2-19-12-9(17)4-10(18)13(21-12)20-11-5-7(15)6(14)3-8(11)16/h3-5H,2H2,1H3,(H2,19,20,21). The molecular weight excluding hydrogens is 293 g/mol.